The molecule has 0 amide bonds. The molecule has 1 N–H and O–H groups in total. The number of quaternary nitrogens is 1. The van der Waals surface area contributed by atoms with E-state index in [9.17, 15) is 19.5 Å². The molecule has 2 unspecified atom stereocenters. The van der Waals surface area contributed by atoms with Crippen molar-refractivity contribution in [2.75, 3.05) is 47.5 Å². The fraction of sp³-hybridized carbons (Fsp3) is 0.717. The number of nitrogens with zero attached hydrogens (tertiary/aromatic N) is 1. The number of allylic oxidation sites excluding steroid dienone is 10. The Labute approximate surface area is 335 Å². The largest absolute Gasteiger partial charge is 0.477 e. The Morgan fingerprint density at radius 3 is 1.56 bits per heavy atom. The minimum absolute atomic E-state index is 0.181. The highest BCUT2D eigenvalue weighted by Gasteiger charge is 2.25. The van der Waals surface area contributed by atoms with Crippen molar-refractivity contribution in [2.24, 2.45) is 0 Å². The Hall–Kier alpha value is -3.01. The molecule has 0 saturated carbocycles. The van der Waals surface area contributed by atoms with E-state index in [0.29, 0.717) is 17.4 Å². The van der Waals surface area contributed by atoms with Crippen LogP contribution in [0, 0.1) is 0 Å². The molecule has 9 nitrogen and oxygen atoms in total. The normalized spacial score (nSPS) is 13.5. The van der Waals surface area contributed by atoms with Gasteiger partial charge < -0.3 is 28.5 Å². The molecule has 0 aliphatic carbocycles. The lowest BCUT2D eigenvalue weighted by atomic mass is 10.1. The number of rotatable bonds is 38. The van der Waals surface area contributed by atoms with Gasteiger partial charge in [-0.25, -0.2) is 4.79 Å². The van der Waals surface area contributed by atoms with Crippen LogP contribution in [0.1, 0.15) is 155 Å². The average Bonchev–Trinajstić information content (AvgIpc) is 3.14. The minimum atomic E-state index is -1.52. The van der Waals surface area contributed by atoms with Crippen LogP contribution in [0.2, 0.25) is 0 Å². The lowest BCUT2D eigenvalue weighted by Gasteiger charge is -2.25. The number of carboxylic acids is 1. The van der Waals surface area contributed by atoms with Crippen LogP contribution >= 0.6 is 0 Å². The first-order valence-electron chi connectivity index (χ1n) is 21.5. The standard InChI is InChI=1S/C46H79NO8/c1-6-8-10-12-14-16-18-19-20-21-22-23-24-25-27-29-31-33-35-37-44(49)55-42(41-54-46(45(50)51)52-39-38-47(3,4)5)40-53-43(48)36-34-32-30-28-26-17-15-13-11-9-7-2/h8,10,13-16,19-20,22-23,42,46H,6-7,9,11-12,17-18,21,24-41H2,1-5H3/p+1/b10-8-,15-13-,16-14-,20-19-,23-22-. The van der Waals surface area contributed by atoms with Crippen LogP contribution in [0.25, 0.3) is 0 Å². The molecule has 2 atom stereocenters. The van der Waals surface area contributed by atoms with E-state index in [1.165, 1.54) is 12.8 Å². The molecule has 316 valence electrons. The fourth-order valence-electron chi connectivity index (χ4n) is 5.39. The molecule has 0 rings (SSSR count). The van der Waals surface area contributed by atoms with Crippen LogP contribution < -0.4 is 0 Å². The van der Waals surface area contributed by atoms with Crippen LogP contribution in [0.5, 0.6) is 0 Å². The number of ether oxygens (including phenoxy) is 4. The van der Waals surface area contributed by atoms with E-state index in [0.717, 1.165) is 109 Å². The predicted octanol–water partition coefficient (Wildman–Crippen LogP) is 11.0. The molecule has 55 heavy (non-hydrogen) atoms. The van der Waals surface area contributed by atoms with Crippen molar-refractivity contribution in [3.05, 3.63) is 60.8 Å². The maximum atomic E-state index is 12.7. The van der Waals surface area contributed by atoms with E-state index in [2.05, 4.69) is 74.6 Å². The third kappa shape index (κ3) is 39.0. The summed E-state index contributed by atoms with van der Waals surface area (Å²) in [7, 11) is 5.93. The number of hydrogen-bond donors (Lipinski definition) is 1. The second-order valence-corrected chi connectivity index (χ2v) is 15.3. The highest BCUT2D eigenvalue weighted by Crippen LogP contribution is 2.13. The van der Waals surface area contributed by atoms with Gasteiger partial charge in [0.15, 0.2) is 6.10 Å². The van der Waals surface area contributed by atoms with Crippen LogP contribution in [0.3, 0.4) is 0 Å². The predicted molar refractivity (Wildman–Crippen MR) is 226 cm³/mol. The zero-order valence-corrected chi connectivity index (χ0v) is 35.6. The van der Waals surface area contributed by atoms with Gasteiger partial charge in [-0.3, -0.25) is 9.59 Å². The molecule has 0 bridgehead atoms. The zero-order valence-electron chi connectivity index (χ0n) is 35.6. The minimum Gasteiger partial charge on any atom is -0.477 e. The van der Waals surface area contributed by atoms with Gasteiger partial charge >= 0.3 is 17.9 Å². The summed E-state index contributed by atoms with van der Waals surface area (Å²) in [6, 6.07) is 0. The Kier molecular flexibility index (Phi) is 35.8. The first-order chi connectivity index (χ1) is 26.6. The molecule has 0 aliphatic rings. The quantitative estimate of drug-likeness (QED) is 0.0217. The Morgan fingerprint density at radius 1 is 0.564 bits per heavy atom. The number of hydrogen-bond acceptors (Lipinski definition) is 7. The summed E-state index contributed by atoms with van der Waals surface area (Å²) in [6.07, 6.45) is 41.3. The highest BCUT2D eigenvalue weighted by atomic mass is 16.7. The number of carbonyl (C=O) groups excluding carboxylic acids is 2. The monoisotopic (exact) mass is 775 g/mol. The maximum absolute atomic E-state index is 12.7. The molecule has 0 saturated heterocycles. The van der Waals surface area contributed by atoms with Crippen molar-refractivity contribution in [2.45, 2.75) is 167 Å². The van der Waals surface area contributed by atoms with E-state index in [-0.39, 0.29) is 38.6 Å². The summed E-state index contributed by atoms with van der Waals surface area (Å²) >= 11 is 0. The molecule has 0 heterocycles. The second kappa shape index (κ2) is 37.9. The van der Waals surface area contributed by atoms with Gasteiger partial charge in [-0.05, 0) is 70.6 Å². The fourth-order valence-corrected chi connectivity index (χ4v) is 5.39. The molecule has 0 aromatic carbocycles. The topological polar surface area (TPSA) is 108 Å². The van der Waals surface area contributed by atoms with Crippen molar-refractivity contribution in [1.29, 1.82) is 0 Å². The van der Waals surface area contributed by atoms with E-state index >= 15 is 0 Å². The van der Waals surface area contributed by atoms with Crippen molar-refractivity contribution in [3.63, 3.8) is 0 Å². The van der Waals surface area contributed by atoms with E-state index in [1.54, 1.807) is 0 Å². The zero-order chi connectivity index (χ0) is 40.7. The van der Waals surface area contributed by atoms with E-state index < -0.39 is 24.3 Å². The van der Waals surface area contributed by atoms with Gasteiger partial charge in [0.25, 0.3) is 6.29 Å². The number of esters is 2. The van der Waals surface area contributed by atoms with E-state index in [1.807, 2.05) is 21.1 Å². The van der Waals surface area contributed by atoms with Crippen molar-refractivity contribution < 1.29 is 42.9 Å². The highest BCUT2D eigenvalue weighted by molar-refractivity contribution is 5.71. The van der Waals surface area contributed by atoms with E-state index in [4.69, 9.17) is 18.9 Å². The number of unbranched alkanes of at least 4 members (excludes halogenated alkanes) is 13. The van der Waals surface area contributed by atoms with Gasteiger partial charge in [0.05, 0.1) is 34.4 Å². The lowest BCUT2D eigenvalue weighted by Crippen LogP contribution is -2.40. The van der Waals surface area contributed by atoms with Gasteiger partial charge in [-0.2, -0.15) is 0 Å². The molecule has 9 heteroatoms. The summed E-state index contributed by atoms with van der Waals surface area (Å²) in [6.45, 7) is 4.66. The number of likely N-dealkylation sites (N-methyl/N-ethyl adjacent to an activating group) is 1. The maximum Gasteiger partial charge on any atom is 0.361 e. The molecule has 0 aliphatic heterocycles. The first kappa shape index (κ1) is 52.0. The third-order valence-corrected chi connectivity index (χ3v) is 8.76. The average molecular weight is 775 g/mol. The van der Waals surface area contributed by atoms with Crippen LogP contribution in [0.15, 0.2) is 60.8 Å². The van der Waals surface area contributed by atoms with Gasteiger partial charge in [-0.1, -0.05) is 132 Å². The smallest absolute Gasteiger partial charge is 0.361 e. The van der Waals surface area contributed by atoms with Crippen LogP contribution in [-0.4, -0.2) is 87.4 Å². The first-order valence-corrected chi connectivity index (χ1v) is 21.5. The van der Waals surface area contributed by atoms with Gasteiger partial charge in [0, 0.05) is 12.8 Å². The van der Waals surface area contributed by atoms with Crippen molar-refractivity contribution >= 4 is 17.9 Å². The molecule has 0 spiro atoms. The molecule has 0 radical (unpaired) electrons. The van der Waals surface area contributed by atoms with Crippen LogP contribution in [0.4, 0.5) is 0 Å². The second-order valence-electron chi connectivity index (χ2n) is 15.3. The van der Waals surface area contributed by atoms with Gasteiger partial charge in [0.1, 0.15) is 13.2 Å². The summed E-state index contributed by atoms with van der Waals surface area (Å²) in [5.41, 5.74) is 0. The Bertz CT molecular complexity index is 1090. The lowest BCUT2D eigenvalue weighted by molar-refractivity contribution is -0.870. The van der Waals surface area contributed by atoms with Gasteiger partial charge in [-0.15, -0.1) is 0 Å². The van der Waals surface area contributed by atoms with Crippen LogP contribution in [-0.2, 0) is 33.3 Å². The SMILES string of the molecule is CC/C=C\C/C=C\C/C=C\C/C=C\CCCCCCCCC(=O)OC(COC(=O)CCCCCCC/C=C\CCCC)COC(OCC[N+](C)(C)C)C(=O)O. The molecule has 0 aromatic heterocycles. The number of aliphatic carboxylic acids is 1. The summed E-state index contributed by atoms with van der Waals surface area (Å²) in [4.78, 5) is 37.0. The summed E-state index contributed by atoms with van der Waals surface area (Å²) in [5, 5.41) is 9.61. The summed E-state index contributed by atoms with van der Waals surface area (Å²) in [5.74, 6) is -2.05. The van der Waals surface area contributed by atoms with Gasteiger partial charge in [0.2, 0.25) is 0 Å². The summed E-state index contributed by atoms with van der Waals surface area (Å²) < 4.78 is 22.6. The molecule has 0 aromatic rings. The molecular formula is C46H80NO8+. The molecular weight excluding hydrogens is 695 g/mol. The number of carbonyl (C=O) groups is 3. The van der Waals surface area contributed by atoms with Crippen molar-refractivity contribution in [1.82, 2.24) is 0 Å². The third-order valence-electron chi connectivity index (χ3n) is 8.76. The Balaban J connectivity index is 4.49. The Morgan fingerprint density at radius 2 is 1.04 bits per heavy atom. The molecule has 0 fully saturated rings. The van der Waals surface area contributed by atoms with Crippen molar-refractivity contribution in [3.8, 4) is 0 Å². The number of carboxylic acid groups (broad SMARTS) is 1.